The molecule has 0 aliphatic carbocycles. The third-order valence-corrected chi connectivity index (χ3v) is 4.34. The van der Waals surface area contributed by atoms with E-state index in [4.69, 9.17) is 0 Å². The molecule has 0 radical (unpaired) electrons. The molecular weight excluding hydrogens is 237 g/mol. The Balaban J connectivity index is 2.20. The van der Waals surface area contributed by atoms with Crippen LogP contribution < -0.4 is 5.32 Å². The third kappa shape index (κ3) is 2.81. The summed E-state index contributed by atoms with van der Waals surface area (Å²) in [5, 5.41) is 12.6. The van der Waals surface area contributed by atoms with E-state index in [0.29, 0.717) is 0 Å². The minimum atomic E-state index is -0.129. The number of benzene rings is 1. The molecule has 0 saturated heterocycles. The van der Waals surface area contributed by atoms with Crippen LogP contribution in [-0.2, 0) is 0 Å². The van der Waals surface area contributed by atoms with Gasteiger partial charge in [0.15, 0.2) is 0 Å². The molecule has 2 nitrogen and oxygen atoms in total. The topological polar surface area (TPSA) is 32.3 Å². The second kappa shape index (κ2) is 5.85. The van der Waals surface area contributed by atoms with Crippen LogP contribution in [0.5, 0.6) is 0 Å². The number of nitrogens with one attached hydrogen (secondary N) is 1. The molecule has 1 heterocycles. The zero-order chi connectivity index (χ0) is 12.3. The lowest BCUT2D eigenvalue weighted by molar-refractivity contribution is 0.225. The Morgan fingerprint density at radius 2 is 2.41 bits per heavy atom. The molecule has 2 atom stereocenters. The predicted molar refractivity (Wildman–Crippen MR) is 68.8 cm³/mol. The lowest BCUT2D eigenvalue weighted by atomic mass is 10.0. The molecule has 17 heavy (non-hydrogen) atoms. The van der Waals surface area contributed by atoms with E-state index in [1.165, 1.54) is 6.07 Å². The fourth-order valence-corrected chi connectivity index (χ4v) is 3.28. The van der Waals surface area contributed by atoms with E-state index in [1.807, 2.05) is 13.0 Å². The zero-order valence-electron chi connectivity index (χ0n) is 9.95. The molecule has 1 aliphatic heterocycles. The normalized spacial score (nSPS) is 21.0. The number of fused-ring (bicyclic) bond motifs is 1. The van der Waals surface area contributed by atoms with Crippen molar-refractivity contribution in [1.82, 2.24) is 5.32 Å². The maximum absolute atomic E-state index is 13.6. The van der Waals surface area contributed by atoms with Crippen LogP contribution in [0, 0.1) is 5.82 Å². The fourth-order valence-electron chi connectivity index (χ4n) is 2.14. The van der Waals surface area contributed by atoms with Crippen LogP contribution >= 0.6 is 11.8 Å². The second-order valence-electron chi connectivity index (χ2n) is 4.30. The van der Waals surface area contributed by atoms with Crippen LogP contribution in [0.15, 0.2) is 23.1 Å². The second-order valence-corrected chi connectivity index (χ2v) is 5.41. The van der Waals surface area contributed by atoms with Gasteiger partial charge < -0.3 is 10.4 Å². The van der Waals surface area contributed by atoms with Crippen LogP contribution in [0.25, 0.3) is 0 Å². The van der Waals surface area contributed by atoms with Crippen molar-refractivity contribution in [2.75, 3.05) is 12.4 Å². The van der Waals surface area contributed by atoms with Crippen molar-refractivity contribution in [3.63, 3.8) is 0 Å². The summed E-state index contributed by atoms with van der Waals surface area (Å²) in [5.74, 6) is 0.795. The first-order chi connectivity index (χ1) is 8.26. The van der Waals surface area contributed by atoms with Gasteiger partial charge in [-0.2, -0.15) is 0 Å². The molecule has 2 rings (SSSR count). The Bertz CT molecular complexity index is 382. The van der Waals surface area contributed by atoms with Crippen molar-refractivity contribution in [1.29, 1.82) is 0 Å². The highest BCUT2D eigenvalue weighted by molar-refractivity contribution is 7.99. The van der Waals surface area contributed by atoms with Gasteiger partial charge >= 0.3 is 0 Å². The van der Waals surface area contributed by atoms with Crippen LogP contribution in [0.2, 0.25) is 0 Å². The standard InChI is InChI=1S/C13H18FNOS/c1-2-9(8-16)15-12-6-7-17-13-10(12)4-3-5-11(13)14/h3-5,9,12,15-16H,2,6-8H2,1H3/t9-,12?/m1/s1. The average molecular weight is 255 g/mol. The molecule has 1 aromatic carbocycles. The van der Waals surface area contributed by atoms with Gasteiger partial charge in [0.2, 0.25) is 0 Å². The molecular formula is C13H18FNOS. The predicted octanol–water partition coefficient (Wildman–Crippen LogP) is 2.72. The monoisotopic (exact) mass is 255 g/mol. The Labute approximate surface area is 106 Å². The number of rotatable bonds is 4. The summed E-state index contributed by atoms with van der Waals surface area (Å²) in [6.45, 7) is 2.17. The molecule has 0 saturated carbocycles. The maximum Gasteiger partial charge on any atom is 0.137 e. The van der Waals surface area contributed by atoms with Gasteiger partial charge in [0.25, 0.3) is 0 Å². The smallest absolute Gasteiger partial charge is 0.137 e. The highest BCUT2D eigenvalue weighted by Gasteiger charge is 2.24. The molecule has 1 unspecified atom stereocenters. The van der Waals surface area contributed by atoms with Gasteiger partial charge in [0, 0.05) is 17.0 Å². The van der Waals surface area contributed by atoms with Gasteiger partial charge in [-0.3, -0.25) is 0 Å². The largest absolute Gasteiger partial charge is 0.395 e. The number of hydrogen-bond acceptors (Lipinski definition) is 3. The molecule has 0 bridgehead atoms. The summed E-state index contributed by atoms with van der Waals surface area (Å²) in [6.07, 6.45) is 1.86. The number of halogens is 1. The lowest BCUT2D eigenvalue weighted by Crippen LogP contribution is -2.36. The van der Waals surface area contributed by atoms with Crippen molar-refractivity contribution in [2.45, 2.75) is 36.7 Å². The number of aliphatic hydroxyl groups excluding tert-OH is 1. The molecule has 0 spiro atoms. The van der Waals surface area contributed by atoms with E-state index < -0.39 is 0 Å². The SMILES string of the molecule is CC[C@H](CO)NC1CCSc2c(F)cccc21. The first kappa shape index (κ1) is 12.9. The van der Waals surface area contributed by atoms with Crippen molar-refractivity contribution in [3.05, 3.63) is 29.6 Å². The number of thioether (sulfide) groups is 1. The molecule has 2 N–H and O–H groups in total. The lowest BCUT2D eigenvalue weighted by Gasteiger charge is -2.29. The van der Waals surface area contributed by atoms with Gasteiger partial charge in [-0.15, -0.1) is 11.8 Å². The van der Waals surface area contributed by atoms with Gasteiger partial charge in [-0.05, 0) is 30.2 Å². The molecule has 4 heteroatoms. The van der Waals surface area contributed by atoms with Crippen LogP contribution in [0.3, 0.4) is 0 Å². The molecule has 0 fully saturated rings. The summed E-state index contributed by atoms with van der Waals surface area (Å²) in [5.41, 5.74) is 1.04. The van der Waals surface area contributed by atoms with Gasteiger partial charge in [0.05, 0.1) is 6.61 Å². The minimum Gasteiger partial charge on any atom is -0.395 e. The van der Waals surface area contributed by atoms with Gasteiger partial charge in [0.1, 0.15) is 5.82 Å². The molecule has 1 aromatic rings. The maximum atomic E-state index is 13.6. The summed E-state index contributed by atoms with van der Waals surface area (Å²) in [7, 11) is 0. The van der Waals surface area contributed by atoms with Gasteiger partial charge in [-0.1, -0.05) is 19.1 Å². The fraction of sp³-hybridized carbons (Fsp3) is 0.538. The van der Waals surface area contributed by atoms with E-state index in [-0.39, 0.29) is 24.5 Å². The van der Waals surface area contributed by atoms with E-state index in [9.17, 15) is 9.50 Å². The summed E-state index contributed by atoms with van der Waals surface area (Å²) < 4.78 is 13.6. The first-order valence-electron chi connectivity index (χ1n) is 6.04. The number of aliphatic hydroxyl groups is 1. The average Bonchev–Trinajstić information content (AvgIpc) is 2.37. The third-order valence-electron chi connectivity index (χ3n) is 3.18. The highest BCUT2D eigenvalue weighted by atomic mass is 32.2. The van der Waals surface area contributed by atoms with E-state index in [2.05, 4.69) is 5.32 Å². The Hall–Kier alpha value is -0.580. The van der Waals surface area contributed by atoms with Crippen LogP contribution in [0.1, 0.15) is 31.4 Å². The molecule has 0 aromatic heterocycles. The van der Waals surface area contributed by atoms with Crippen molar-refractivity contribution in [3.8, 4) is 0 Å². The quantitative estimate of drug-likeness (QED) is 0.867. The van der Waals surface area contributed by atoms with Crippen LogP contribution in [0.4, 0.5) is 4.39 Å². The summed E-state index contributed by atoms with van der Waals surface area (Å²) in [6, 6.07) is 5.51. The summed E-state index contributed by atoms with van der Waals surface area (Å²) >= 11 is 1.58. The Morgan fingerprint density at radius 1 is 1.59 bits per heavy atom. The van der Waals surface area contributed by atoms with Crippen molar-refractivity contribution >= 4 is 11.8 Å². The van der Waals surface area contributed by atoms with E-state index in [1.54, 1.807) is 17.8 Å². The summed E-state index contributed by atoms with van der Waals surface area (Å²) in [4.78, 5) is 0.768. The highest BCUT2D eigenvalue weighted by Crippen LogP contribution is 2.37. The molecule has 94 valence electrons. The van der Waals surface area contributed by atoms with Gasteiger partial charge in [-0.25, -0.2) is 4.39 Å². The van der Waals surface area contributed by atoms with Crippen molar-refractivity contribution < 1.29 is 9.50 Å². The molecule has 0 amide bonds. The number of hydrogen-bond donors (Lipinski definition) is 2. The Kier molecular flexibility index (Phi) is 4.42. The van der Waals surface area contributed by atoms with Crippen LogP contribution in [-0.4, -0.2) is 23.5 Å². The minimum absolute atomic E-state index is 0.0965. The van der Waals surface area contributed by atoms with Crippen molar-refractivity contribution in [2.24, 2.45) is 0 Å². The molecule has 1 aliphatic rings. The Morgan fingerprint density at radius 3 is 3.12 bits per heavy atom. The first-order valence-corrected chi connectivity index (χ1v) is 7.03. The van der Waals surface area contributed by atoms with E-state index >= 15 is 0 Å². The zero-order valence-corrected chi connectivity index (χ0v) is 10.8. The van der Waals surface area contributed by atoms with E-state index in [0.717, 1.165) is 29.1 Å².